The number of hydrogen-bond donors (Lipinski definition) is 0. The molecule has 0 amide bonds. The van der Waals surface area contributed by atoms with Gasteiger partial charge in [-0.25, -0.2) is 0 Å². The molecular weight excluding hydrogens is 691 g/mol. The van der Waals surface area contributed by atoms with Crippen molar-refractivity contribution in [2.45, 2.75) is 95.5 Å². The van der Waals surface area contributed by atoms with Crippen LogP contribution in [0.2, 0.25) is 0 Å². The summed E-state index contributed by atoms with van der Waals surface area (Å²) in [5.74, 6) is 0.477. The molecule has 4 atom stereocenters. The molecule has 4 aliphatic rings. The normalized spacial score (nSPS) is 25.1. The summed E-state index contributed by atoms with van der Waals surface area (Å²) in [7, 11) is 1.46. The highest BCUT2D eigenvalue weighted by Crippen LogP contribution is 2.51. The van der Waals surface area contributed by atoms with Crippen molar-refractivity contribution >= 4 is 51.3 Å². The van der Waals surface area contributed by atoms with Crippen LogP contribution < -0.4 is 0 Å². The van der Waals surface area contributed by atoms with Gasteiger partial charge in [-0.15, -0.1) is 0 Å². The lowest BCUT2D eigenvalue weighted by Crippen LogP contribution is -2.39. The van der Waals surface area contributed by atoms with Gasteiger partial charge in [-0.2, -0.15) is 0 Å². The Hall–Kier alpha value is -1.12. The second-order valence-corrected chi connectivity index (χ2v) is 15.9. The van der Waals surface area contributed by atoms with Gasteiger partial charge in [0.15, 0.2) is 0 Å². The van der Waals surface area contributed by atoms with Crippen molar-refractivity contribution in [2.24, 2.45) is 0 Å². The fraction of sp³-hybridized carbons (Fsp3) is 0.559. The van der Waals surface area contributed by atoms with Gasteiger partial charge in [-0.05, 0) is 102 Å². The van der Waals surface area contributed by atoms with Crippen molar-refractivity contribution in [1.82, 2.24) is 9.80 Å². The third-order valence-electron chi connectivity index (χ3n) is 9.03. The van der Waals surface area contributed by atoms with Gasteiger partial charge in [0.05, 0.1) is 19.4 Å². The van der Waals surface area contributed by atoms with Crippen LogP contribution in [0.3, 0.4) is 0 Å². The summed E-state index contributed by atoms with van der Waals surface area (Å²) in [6.07, 6.45) is 12.1. The highest BCUT2D eigenvalue weighted by atomic mass is 79.9. The zero-order valence-electron chi connectivity index (χ0n) is 26.0. The van der Waals surface area contributed by atoms with Crippen molar-refractivity contribution in [3.63, 3.8) is 0 Å². The second kappa shape index (κ2) is 16.4. The van der Waals surface area contributed by atoms with Crippen LogP contribution in [-0.2, 0) is 24.6 Å². The van der Waals surface area contributed by atoms with Gasteiger partial charge in [0.25, 0.3) is 0 Å². The number of carbonyl (C=O) groups excluding carboxylic acids is 1. The molecule has 4 fully saturated rings. The molecule has 0 saturated carbocycles. The molecule has 9 heteroatoms. The first-order valence-corrected chi connectivity index (χ1v) is 18.9. The highest BCUT2D eigenvalue weighted by Gasteiger charge is 2.37. The zero-order chi connectivity index (χ0) is 31.0. The molecule has 0 aliphatic carbocycles. The maximum Gasteiger partial charge on any atom is 0.335 e. The first kappa shape index (κ1) is 34.7. The van der Waals surface area contributed by atoms with Crippen LogP contribution in [0.4, 0.5) is 0 Å². The summed E-state index contributed by atoms with van der Waals surface area (Å²) in [6, 6.07) is 19.0. The monoisotopic (exact) mass is 736 g/mol. The van der Waals surface area contributed by atoms with Crippen molar-refractivity contribution in [2.75, 3.05) is 27.3 Å². The van der Waals surface area contributed by atoms with E-state index >= 15 is 0 Å². The lowest BCUT2D eigenvalue weighted by atomic mass is 9.95. The SMILES string of the molecule is CCOP(=O)(Cc1cccc(Br)c1)OCC.CN1C2CCC1CC(=Cc1cccc(Br)c1)C2.CN1C2CCC1CC(=O)C2. The summed E-state index contributed by atoms with van der Waals surface area (Å²) < 4.78 is 24.8. The molecule has 0 aromatic heterocycles. The van der Waals surface area contributed by atoms with Crippen LogP contribution in [0.15, 0.2) is 63.0 Å². The minimum atomic E-state index is -2.98. The first-order valence-electron chi connectivity index (χ1n) is 15.6. The molecule has 4 unspecified atom stereocenters. The number of hydrogen-bond acceptors (Lipinski definition) is 6. The average molecular weight is 739 g/mol. The molecule has 0 N–H and O–H groups in total. The third-order valence-corrected chi connectivity index (χ3v) is 12.1. The summed E-state index contributed by atoms with van der Waals surface area (Å²) in [5, 5.41) is 0. The number of ketones is 1. The number of Topliss-reactive ketones (excluding diaryl/α,β-unsaturated/α-hetero) is 1. The zero-order valence-corrected chi connectivity index (χ0v) is 30.1. The number of piperidine rings is 2. The van der Waals surface area contributed by atoms with Crippen molar-refractivity contribution in [3.8, 4) is 0 Å². The van der Waals surface area contributed by atoms with Crippen LogP contribution in [-0.4, -0.2) is 67.1 Å². The van der Waals surface area contributed by atoms with E-state index in [0.717, 1.165) is 35.0 Å². The van der Waals surface area contributed by atoms with Crippen molar-refractivity contribution < 1.29 is 18.4 Å². The van der Waals surface area contributed by atoms with Crippen LogP contribution in [0.1, 0.15) is 76.3 Å². The maximum absolute atomic E-state index is 12.2. The van der Waals surface area contributed by atoms with Crippen LogP contribution in [0.5, 0.6) is 0 Å². The van der Waals surface area contributed by atoms with E-state index in [1.54, 1.807) is 5.57 Å². The third kappa shape index (κ3) is 10.2. The number of halogens is 2. The Morgan fingerprint density at radius 2 is 1.28 bits per heavy atom. The largest absolute Gasteiger partial charge is 0.335 e. The molecule has 0 radical (unpaired) electrons. The summed E-state index contributed by atoms with van der Waals surface area (Å²) in [5.41, 5.74) is 3.91. The van der Waals surface area contributed by atoms with E-state index in [-0.39, 0.29) is 0 Å². The Labute approximate surface area is 275 Å². The topological polar surface area (TPSA) is 59.1 Å². The molecule has 4 saturated heterocycles. The van der Waals surface area contributed by atoms with E-state index in [1.807, 2.05) is 38.1 Å². The molecule has 0 spiro atoms. The van der Waals surface area contributed by atoms with Crippen molar-refractivity contribution in [1.29, 1.82) is 0 Å². The van der Waals surface area contributed by atoms with E-state index in [9.17, 15) is 9.36 Å². The summed E-state index contributed by atoms with van der Waals surface area (Å²) >= 11 is 6.91. The minimum Gasteiger partial charge on any atom is -0.309 e. The molecule has 6 nitrogen and oxygen atoms in total. The van der Waals surface area contributed by atoms with E-state index in [0.29, 0.717) is 37.2 Å². The van der Waals surface area contributed by atoms with Gasteiger partial charge in [-0.3, -0.25) is 19.2 Å². The van der Waals surface area contributed by atoms with E-state index in [1.165, 1.54) is 48.6 Å². The maximum atomic E-state index is 12.2. The molecular formula is C34H47Br2N2O4P. The lowest BCUT2D eigenvalue weighted by molar-refractivity contribution is -0.123. The van der Waals surface area contributed by atoms with E-state index < -0.39 is 7.60 Å². The Morgan fingerprint density at radius 1 is 0.791 bits per heavy atom. The van der Waals surface area contributed by atoms with Crippen LogP contribution in [0.25, 0.3) is 6.08 Å². The Kier molecular flexibility index (Phi) is 13.3. The lowest BCUT2D eigenvalue weighted by Gasteiger charge is -2.32. The molecule has 4 heterocycles. The second-order valence-electron chi connectivity index (χ2n) is 12.0. The molecule has 2 aromatic rings. The van der Waals surface area contributed by atoms with E-state index in [2.05, 4.69) is 86.1 Å². The minimum absolute atomic E-state index is 0.314. The molecule has 236 valence electrons. The number of fused-ring (bicyclic) bond motifs is 4. The number of nitrogens with zero attached hydrogens (tertiary/aromatic N) is 2. The van der Waals surface area contributed by atoms with Gasteiger partial charge in [0, 0.05) is 46.0 Å². The number of carbonyl (C=O) groups is 1. The highest BCUT2D eigenvalue weighted by molar-refractivity contribution is 9.10. The van der Waals surface area contributed by atoms with Crippen molar-refractivity contribution in [3.05, 3.63) is 74.2 Å². The van der Waals surface area contributed by atoms with Crippen LogP contribution >= 0.6 is 39.5 Å². The van der Waals surface area contributed by atoms with Gasteiger partial charge < -0.3 is 9.05 Å². The van der Waals surface area contributed by atoms with Gasteiger partial charge in [0.1, 0.15) is 5.78 Å². The summed E-state index contributed by atoms with van der Waals surface area (Å²) in [4.78, 5) is 16.0. The summed E-state index contributed by atoms with van der Waals surface area (Å²) in [6.45, 7) is 4.41. The van der Waals surface area contributed by atoms with Crippen LogP contribution in [0, 0.1) is 0 Å². The Bertz CT molecular complexity index is 1260. The van der Waals surface area contributed by atoms with Gasteiger partial charge >= 0.3 is 7.60 Å². The fourth-order valence-electron chi connectivity index (χ4n) is 6.79. The predicted molar refractivity (Wildman–Crippen MR) is 183 cm³/mol. The average Bonchev–Trinajstić information content (AvgIpc) is 3.27. The Balaban J connectivity index is 0.000000152. The van der Waals surface area contributed by atoms with Gasteiger partial charge in [0.2, 0.25) is 0 Å². The number of rotatable bonds is 7. The standard InChI is InChI=1S/C15H18BrN.C11H16BrO3P.C8H13NO/c1-17-14-5-6-15(17)10-12(9-14)7-11-3-2-4-13(16)8-11;1-3-14-16(13,15-4-2)9-10-6-5-7-11(12)8-10;1-9-6-2-3-7(9)5-8(10)4-6/h2-4,7-8,14-15H,5-6,9-10H2,1H3;5-8H,3-4,9H2,1-2H3;6-7H,2-5H2,1H3. The smallest absolute Gasteiger partial charge is 0.309 e. The molecule has 6 rings (SSSR count). The van der Waals surface area contributed by atoms with Gasteiger partial charge in [-0.1, -0.05) is 67.8 Å². The fourth-order valence-corrected chi connectivity index (χ4v) is 9.34. The molecule has 4 aliphatic heterocycles. The van der Waals surface area contributed by atoms with E-state index in [4.69, 9.17) is 9.05 Å². The molecule has 4 bridgehead atoms. The molecule has 43 heavy (non-hydrogen) atoms. The quantitative estimate of drug-likeness (QED) is 0.264. The number of benzene rings is 2. The molecule has 2 aromatic carbocycles. The Morgan fingerprint density at radius 3 is 1.77 bits per heavy atom. The predicted octanol–water partition coefficient (Wildman–Crippen LogP) is 9.12. The first-order chi connectivity index (χ1) is 20.6.